The van der Waals surface area contributed by atoms with Crippen LogP contribution in [-0.4, -0.2) is 62.5 Å². The summed E-state index contributed by atoms with van der Waals surface area (Å²) in [7, 11) is 1.94. The first kappa shape index (κ1) is 17.6. The summed E-state index contributed by atoms with van der Waals surface area (Å²) in [5.41, 5.74) is 1.94. The molecule has 140 valence electrons. The van der Waals surface area contributed by atoms with E-state index in [1.807, 2.05) is 42.2 Å². The van der Waals surface area contributed by atoms with Crippen LogP contribution in [0.1, 0.15) is 11.6 Å². The molecule has 1 aliphatic rings. The van der Waals surface area contributed by atoms with E-state index in [0.717, 1.165) is 50.2 Å². The van der Waals surface area contributed by atoms with Gasteiger partial charge in [0, 0.05) is 51.5 Å². The molecule has 0 radical (unpaired) electrons. The maximum absolute atomic E-state index is 5.50. The van der Waals surface area contributed by atoms with Crippen LogP contribution < -0.4 is 5.32 Å². The van der Waals surface area contributed by atoms with Gasteiger partial charge in [0.05, 0.1) is 19.3 Å². The maximum atomic E-state index is 5.50. The van der Waals surface area contributed by atoms with Gasteiger partial charge in [-0.05, 0) is 23.8 Å². The second kappa shape index (κ2) is 8.24. The third kappa shape index (κ3) is 4.12. The number of pyridine rings is 1. The molecule has 1 saturated heterocycles. The Kier molecular flexibility index (Phi) is 5.36. The van der Waals surface area contributed by atoms with Gasteiger partial charge in [-0.1, -0.05) is 6.07 Å². The van der Waals surface area contributed by atoms with Crippen LogP contribution in [0.15, 0.2) is 49.1 Å². The van der Waals surface area contributed by atoms with Crippen LogP contribution >= 0.6 is 0 Å². The normalized spacial score (nSPS) is 16.2. The zero-order valence-corrected chi connectivity index (χ0v) is 15.3. The molecule has 8 nitrogen and oxygen atoms in total. The predicted octanol–water partition coefficient (Wildman–Crippen LogP) is 1.76. The third-order valence-corrected chi connectivity index (χ3v) is 4.75. The lowest BCUT2D eigenvalue weighted by atomic mass is 10.1. The average molecular weight is 365 g/mol. The molecule has 1 aliphatic heterocycles. The summed E-state index contributed by atoms with van der Waals surface area (Å²) in [6, 6.07) is 8.18. The van der Waals surface area contributed by atoms with Crippen molar-refractivity contribution in [1.29, 1.82) is 0 Å². The highest BCUT2D eigenvalue weighted by atomic mass is 16.5. The number of anilines is 1. The predicted molar refractivity (Wildman–Crippen MR) is 102 cm³/mol. The Morgan fingerprint density at radius 1 is 1.15 bits per heavy atom. The van der Waals surface area contributed by atoms with Crippen LogP contribution in [0.4, 0.5) is 5.82 Å². The molecule has 0 bridgehead atoms. The van der Waals surface area contributed by atoms with Crippen molar-refractivity contribution in [3.05, 3.63) is 54.6 Å². The number of nitrogens with one attached hydrogen (secondary N) is 1. The Labute approximate surface area is 158 Å². The summed E-state index contributed by atoms with van der Waals surface area (Å²) >= 11 is 0. The Balaban J connectivity index is 1.46. The summed E-state index contributed by atoms with van der Waals surface area (Å²) in [5, 5.41) is 12.0. The topological polar surface area (TPSA) is 81.0 Å². The quantitative estimate of drug-likeness (QED) is 0.713. The molecule has 4 rings (SSSR count). The largest absolute Gasteiger partial charge is 0.379 e. The van der Waals surface area contributed by atoms with Crippen molar-refractivity contribution in [1.82, 2.24) is 29.6 Å². The van der Waals surface area contributed by atoms with Crippen molar-refractivity contribution in [2.45, 2.75) is 6.04 Å². The van der Waals surface area contributed by atoms with E-state index >= 15 is 0 Å². The van der Waals surface area contributed by atoms with Crippen molar-refractivity contribution in [2.24, 2.45) is 7.05 Å². The Bertz CT molecular complexity index is 844. The van der Waals surface area contributed by atoms with Crippen molar-refractivity contribution >= 4 is 5.82 Å². The smallest absolute Gasteiger partial charge is 0.160 e. The molecule has 1 N–H and O–H groups in total. The summed E-state index contributed by atoms with van der Waals surface area (Å²) in [4.78, 5) is 11.0. The Morgan fingerprint density at radius 2 is 2.04 bits per heavy atom. The van der Waals surface area contributed by atoms with E-state index in [1.54, 1.807) is 12.4 Å². The number of rotatable bonds is 6. The molecule has 3 aromatic rings. The molecule has 0 aliphatic carbocycles. The highest BCUT2D eigenvalue weighted by molar-refractivity contribution is 5.51. The van der Waals surface area contributed by atoms with Crippen LogP contribution in [0, 0.1) is 0 Å². The van der Waals surface area contributed by atoms with Crippen LogP contribution in [0.5, 0.6) is 0 Å². The molecule has 8 heteroatoms. The van der Waals surface area contributed by atoms with Gasteiger partial charge in [-0.3, -0.25) is 9.88 Å². The third-order valence-electron chi connectivity index (χ3n) is 4.75. The minimum absolute atomic E-state index is 0.207. The van der Waals surface area contributed by atoms with Gasteiger partial charge in [0.2, 0.25) is 0 Å². The van der Waals surface area contributed by atoms with E-state index in [4.69, 9.17) is 4.74 Å². The lowest BCUT2D eigenvalue weighted by molar-refractivity contribution is 0.0186. The van der Waals surface area contributed by atoms with Gasteiger partial charge in [-0.25, -0.2) is 4.98 Å². The molecular formula is C19H23N7O. The highest BCUT2D eigenvalue weighted by Gasteiger charge is 2.22. The van der Waals surface area contributed by atoms with Crippen molar-refractivity contribution in [3.8, 4) is 11.5 Å². The zero-order chi connectivity index (χ0) is 18.5. The Hall–Kier alpha value is -2.84. The molecule has 1 fully saturated rings. The second-order valence-electron chi connectivity index (χ2n) is 6.50. The van der Waals surface area contributed by atoms with Crippen molar-refractivity contribution in [2.75, 3.05) is 38.2 Å². The molecule has 0 spiro atoms. The van der Waals surface area contributed by atoms with Crippen LogP contribution in [0.2, 0.25) is 0 Å². The molecule has 3 aromatic heterocycles. The van der Waals surface area contributed by atoms with E-state index in [0.29, 0.717) is 0 Å². The van der Waals surface area contributed by atoms with E-state index in [2.05, 4.69) is 36.4 Å². The number of aromatic nitrogens is 5. The van der Waals surface area contributed by atoms with E-state index in [9.17, 15) is 0 Å². The fourth-order valence-electron chi connectivity index (χ4n) is 3.28. The van der Waals surface area contributed by atoms with Crippen molar-refractivity contribution in [3.63, 3.8) is 0 Å². The van der Waals surface area contributed by atoms with Crippen LogP contribution in [-0.2, 0) is 11.8 Å². The first-order valence-corrected chi connectivity index (χ1v) is 9.08. The number of hydrogen-bond donors (Lipinski definition) is 1. The van der Waals surface area contributed by atoms with E-state index in [1.165, 1.54) is 5.56 Å². The number of aryl methyl sites for hydroxylation is 1. The summed E-state index contributed by atoms with van der Waals surface area (Å²) in [6.45, 7) is 4.06. The Morgan fingerprint density at radius 3 is 2.70 bits per heavy atom. The number of imidazole rings is 1. The molecule has 27 heavy (non-hydrogen) atoms. The van der Waals surface area contributed by atoms with E-state index < -0.39 is 0 Å². The molecular weight excluding hydrogens is 342 g/mol. The highest BCUT2D eigenvalue weighted by Crippen LogP contribution is 2.22. The lowest BCUT2D eigenvalue weighted by Gasteiger charge is -2.34. The molecule has 0 amide bonds. The van der Waals surface area contributed by atoms with Crippen molar-refractivity contribution < 1.29 is 4.74 Å². The SMILES string of the molecule is Cn1ccnc1-c1ccc(NC[C@H](c2cccnc2)N2CCOCC2)nn1. The molecule has 1 atom stereocenters. The number of nitrogens with zero attached hydrogens (tertiary/aromatic N) is 6. The summed E-state index contributed by atoms with van der Waals surface area (Å²) < 4.78 is 7.42. The van der Waals surface area contributed by atoms with Gasteiger partial charge in [0.25, 0.3) is 0 Å². The fraction of sp³-hybridized carbons (Fsp3) is 0.368. The maximum Gasteiger partial charge on any atom is 0.160 e. The van der Waals surface area contributed by atoms with Gasteiger partial charge < -0.3 is 14.6 Å². The minimum atomic E-state index is 0.207. The van der Waals surface area contributed by atoms with Crippen LogP contribution in [0.25, 0.3) is 11.5 Å². The number of ether oxygens (including phenoxy) is 1. The number of hydrogen-bond acceptors (Lipinski definition) is 7. The number of morpholine rings is 1. The van der Waals surface area contributed by atoms with Crippen LogP contribution in [0.3, 0.4) is 0 Å². The lowest BCUT2D eigenvalue weighted by Crippen LogP contribution is -2.41. The molecule has 0 unspecified atom stereocenters. The van der Waals surface area contributed by atoms with Gasteiger partial charge in [-0.2, -0.15) is 0 Å². The minimum Gasteiger partial charge on any atom is -0.379 e. The van der Waals surface area contributed by atoms with E-state index in [-0.39, 0.29) is 6.04 Å². The summed E-state index contributed by atoms with van der Waals surface area (Å²) in [5.74, 6) is 1.55. The zero-order valence-electron chi connectivity index (χ0n) is 15.3. The van der Waals surface area contributed by atoms with Gasteiger partial charge >= 0.3 is 0 Å². The standard InChI is InChI=1S/C19H23N7O/c1-25-8-7-21-19(25)16-4-5-18(24-23-16)22-14-17(15-3-2-6-20-13-15)26-9-11-27-12-10-26/h2-8,13,17H,9-12,14H2,1H3,(H,22,24)/t17-/m1/s1. The average Bonchev–Trinajstić information content (AvgIpc) is 3.16. The van der Waals surface area contributed by atoms with Gasteiger partial charge in [0.1, 0.15) is 11.5 Å². The van der Waals surface area contributed by atoms with Gasteiger partial charge in [-0.15, -0.1) is 10.2 Å². The first-order chi connectivity index (χ1) is 13.3. The molecule has 0 aromatic carbocycles. The van der Waals surface area contributed by atoms with Gasteiger partial charge in [0.15, 0.2) is 5.82 Å². The first-order valence-electron chi connectivity index (χ1n) is 9.08. The fourth-order valence-corrected chi connectivity index (χ4v) is 3.28. The molecule has 4 heterocycles. The molecule has 0 saturated carbocycles. The monoisotopic (exact) mass is 365 g/mol. The summed E-state index contributed by atoms with van der Waals surface area (Å²) in [6.07, 6.45) is 7.38. The second-order valence-corrected chi connectivity index (χ2v) is 6.50.